The summed E-state index contributed by atoms with van der Waals surface area (Å²) in [5, 5.41) is 5.04. The van der Waals surface area contributed by atoms with Crippen LogP contribution < -0.4 is 9.80 Å². The number of anilines is 6. The number of rotatable bonds is 8. The maximum Gasteiger partial charge on any atom is 0.0644 e. The lowest BCUT2D eigenvalue weighted by molar-refractivity contribution is 1.19. The van der Waals surface area contributed by atoms with Gasteiger partial charge in [0.25, 0.3) is 0 Å². The van der Waals surface area contributed by atoms with Crippen molar-refractivity contribution in [3.8, 4) is 16.8 Å². The van der Waals surface area contributed by atoms with Gasteiger partial charge in [0.2, 0.25) is 0 Å². The van der Waals surface area contributed by atoms with Crippen LogP contribution in [0, 0.1) is 0 Å². The highest BCUT2D eigenvalue weighted by molar-refractivity contribution is 7.25. The molecule has 0 amide bonds. The first-order valence-electron chi connectivity index (χ1n) is 19.5. The molecule has 11 rings (SSSR count). The predicted octanol–water partition coefficient (Wildman–Crippen LogP) is 15.2. The zero-order chi connectivity index (χ0) is 38.4. The van der Waals surface area contributed by atoms with Crippen molar-refractivity contribution in [3.63, 3.8) is 0 Å². The van der Waals surface area contributed by atoms with Crippen molar-refractivity contribution in [1.29, 1.82) is 0 Å². The number of pyridine rings is 1. The number of nitrogens with zero attached hydrogens (tertiary/aromatic N) is 4. The second-order valence-electron chi connectivity index (χ2n) is 14.5. The molecular formula is C53H36N4S. The highest BCUT2D eigenvalue weighted by Gasteiger charge is 2.21. The summed E-state index contributed by atoms with van der Waals surface area (Å²) in [6.45, 7) is 0. The lowest BCUT2D eigenvalue weighted by Crippen LogP contribution is -2.13. The van der Waals surface area contributed by atoms with Crippen molar-refractivity contribution in [2.24, 2.45) is 0 Å². The lowest BCUT2D eigenvalue weighted by atomic mass is 10.00. The molecule has 0 spiro atoms. The molecular weight excluding hydrogens is 725 g/mol. The molecule has 0 unspecified atom stereocenters. The summed E-state index contributed by atoms with van der Waals surface area (Å²) in [6.07, 6.45) is 3.76. The van der Waals surface area contributed by atoms with E-state index in [9.17, 15) is 0 Å². The predicted molar refractivity (Wildman–Crippen MR) is 246 cm³/mol. The second-order valence-corrected chi connectivity index (χ2v) is 15.6. The third kappa shape index (κ3) is 5.88. The van der Waals surface area contributed by atoms with Gasteiger partial charge in [-0.3, -0.25) is 4.98 Å². The van der Waals surface area contributed by atoms with Crippen LogP contribution in [0.25, 0.3) is 58.8 Å². The van der Waals surface area contributed by atoms with Crippen molar-refractivity contribution in [2.75, 3.05) is 9.80 Å². The van der Waals surface area contributed by atoms with Gasteiger partial charge in [-0.25, -0.2) is 0 Å². The molecule has 58 heavy (non-hydrogen) atoms. The Kier molecular flexibility index (Phi) is 8.30. The second kappa shape index (κ2) is 14.2. The average molecular weight is 761 g/mol. The van der Waals surface area contributed by atoms with Gasteiger partial charge < -0.3 is 14.4 Å². The molecule has 4 nitrogen and oxygen atoms in total. The van der Waals surface area contributed by atoms with Crippen molar-refractivity contribution in [3.05, 3.63) is 219 Å². The molecule has 0 fully saturated rings. The first-order chi connectivity index (χ1) is 28.8. The monoisotopic (exact) mass is 760 g/mol. The lowest BCUT2D eigenvalue weighted by Gasteiger charge is -2.30. The minimum Gasteiger partial charge on any atom is -0.310 e. The van der Waals surface area contributed by atoms with Gasteiger partial charge >= 0.3 is 0 Å². The van der Waals surface area contributed by atoms with E-state index in [-0.39, 0.29) is 0 Å². The van der Waals surface area contributed by atoms with Gasteiger partial charge in [-0.05, 0) is 120 Å². The van der Waals surface area contributed by atoms with Crippen molar-refractivity contribution < 1.29 is 0 Å². The van der Waals surface area contributed by atoms with Gasteiger partial charge in [-0.1, -0.05) is 97.1 Å². The molecule has 0 aliphatic heterocycles. The molecule has 0 radical (unpaired) electrons. The van der Waals surface area contributed by atoms with Crippen LogP contribution in [0.1, 0.15) is 0 Å². The van der Waals surface area contributed by atoms with E-state index >= 15 is 0 Å². The fraction of sp³-hybridized carbons (Fsp3) is 0. The van der Waals surface area contributed by atoms with Crippen LogP contribution in [0.3, 0.4) is 0 Å². The van der Waals surface area contributed by atoms with Gasteiger partial charge in [0.05, 0.1) is 22.9 Å². The highest BCUT2D eigenvalue weighted by Crippen LogP contribution is 2.44. The van der Waals surface area contributed by atoms with Crippen molar-refractivity contribution >= 4 is 87.4 Å². The van der Waals surface area contributed by atoms with Crippen LogP contribution in [0.2, 0.25) is 0 Å². The topological polar surface area (TPSA) is 24.3 Å². The zero-order valence-electron chi connectivity index (χ0n) is 31.5. The molecule has 0 N–H and O–H groups in total. The standard InChI is InChI=1S/C53H36N4S/c1-4-15-39(16-5-1)55(40-17-6-2-7-18-40)44-31-38(32-45(34-44)56(41-19-8-3-9-20-41)43-21-14-30-54-36-43)37-26-28-51-48(33-37)46-22-10-12-24-50(46)57(51)42-27-29-53-49(35-42)47-23-11-13-25-52(47)58-53/h1-36H. The summed E-state index contributed by atoms with van der Waals surface area (Å²) in [5.74, 6) is 0. The average Bonchev–Trinajstić information content (AvgIpc) is 3.83. The largest absolute Gasteiger partial charge is 0.310 e. The molecule has 3 heterocycles. The van der Waals surface area contributed by atoms with Gasteiger partial charge in [-0.2, -0.15) is 0 Å². The van der Waals surface area contributed by atoms with Crippen LogP contribution in [0.4, 0.5) is 34.1 Å². The van der Waals surface area contributed by atoms with Crippen LogP contribution >= 0.6 is 11.3 Å². The highest BCUT2D eigenvalue weighted by atomic mass is 32.1. The SMILES string of the molecule is c1ccc(N(c2ccccc2)c2cc(-c3ccc4c(c3)c3ccccc3n4-c3ccc4sc5ccccc5c4c3)cc(N(c3ccccc3)c3cccnc3)c2)cc1. The number of benzene rings is 8. The molecule has 0 saturated carbocycles. The van der Waals surface area contributed by atoms with E-state index in [0.29, 0.717) is 0 Å². The maximum absolute atomic E-state index is 4.55. The molecule has 0 bridgehead atoms. The summed E-state index contributed by atoms with van der Waals surface area (Å²) in [4.78, 5) is 9.19. The Morgan fingerprint density at radius 1 is 0.362 bits per heavy atom. The Balaban J connectivity index is 1.14. The summed E-state index contributed by atoms with van der Waals surface area (Å²) in [5.41, 5.74) is 12.1. The number of aromatic nitrogens is 2. The number of thiophene rings is 1. The van der Waals surface area contributed by atoms with E-state index in [1.54, 1.807) is 0 Å². The van der Waals surface area contributed by atoms with Crippen LogP contribution in [0.15, 0.2) is 219 Å². The molecule has 0 atom stereocenters. The van der Waals surface area contributed by atoms with Crippen molar-refractivity contribution in [1.82, 2.24) is 9.55 Å². The Morgan fingerprint density at radius 2 is 0.931 bits per heavy atom. The molecule has 11 aromatic rings. The molecule has 274 valence electrons. The van der Waals surface area contributed by atoms with E-state index in [1.165, 1.54) is 42.0 Å². The van der Waals surface area contributed by atoms with E-state index in [1.807, 2.05) is 29.8 Å². The number of hydrogen-bond acceptors (Lipinski definition) is 4. The Bertz CT molecular complexity index is 3050. The molecule has 0 aliphatic rings. The molecule has 0 aliphatic carbocycles. The normalized spacial score (nSPS) is 11.4. The minimum atomic E-state index is 0.983. The zero-order valence-corrected chi connectivity index (χ0v) is 32.3. The van der Waals surface area contributed by atoms with Gasteiger partial charge in [0.1, 0.15) is 0 Å². The van der Waals surface area contributed by atoms with E-state index in [0.717, 1.165) is 50.9 Å². The number of hydrogen-bond donors (Lipinski definition) is 0. The van der Waals surface area contributed by atoms with Crippen LogP contribution in [0.5, 0.6) is 0 Å². The van der Waals surface area contributed by atoms with Crippen molar-refractivity contribution in [2.45, 2.75) is 0 Å². The first-order valence-corrected chi connectivity index (χ1v) is 20.3. The summed E-state index contributed by atoms with van der Waals surface area (Å²) in [6, 6.07) is 74.2. The molecule has 0 saturated heterocycles. The third-order valence-electron chi connectivity index (χ3n) is 11.0. The van der Waals surface area contributed by atoms with Gasteiger partial charge in [0.15, 0.2) is 0 Å². The summed E-state index contributed by atoms with van der Waals surface area (Å²) >= 11 is 1.86. The maximum atomic E-state index is 4.55. The molecule has 3 aromatic heterocycles. The van der Waals surface area contributed by atoms with Crippen LogP contribution in [-0.2, 0) is 0 Å². The van der Waals surface area contributed by atoms with Gasteiger partial charge in [-0.15, -0.1) is 11.3 Å². The summed E-state index contributed by atoms with van der Waals surface area (Å²) < 4.78 is 5.05. The van der Waals surface area contributed by atoms with E-state index in [2.05, 4.69) is 220 Å². The number of fused-ring (bicyclic) bond motifs is 6. The smallest absolute Gasteiger partial charge is 0.0644 e. The minimum absolute atomic E-state index is 0.983. The van der Waals surface area contributed by atoms with Gasteiger partial charge in [0, 0.05) is 71.3 Å². The van der Waals surface area contributed by atoms with Crippen LogP contribution in [-0.4, -0.2) is 9.55 Å². The third-order valence-corrected chi connectivity index (χ3v) is 12.1. The fourth-order valence-electron chi connectivity index (χ4n) is 8.42. The first kappa shape index (κ1) is 33.8. The summed E-state index contributed by atoms with van der Waals surface area (Å²) in [7, 11) is 0. The Morgan fingerprint density at radius 3 is 1.60 bits per heavy atom. The molecule has 8 aromatic carbocycles. The quantitative estimate of drug-likeness (QED) is 0.154. The molecule has 5 heteroatoms. The fourth-order valence-corrected chi connectivity index (χ4v) is 9.50. The Labute approximate surface area is 340 Å². The van der Waals surface area contributed by atoms with E-state index < -0.39 is 0 Å². The number of para-hydroxylation sites is 4. The Hall–Kier alpha value is -7.47. The van der Waals surface area contributed by atoms with E-state index in [4.69, 9.17) is 0 Å².